The number of esters is 5. The maximum atomic E-state index is 13.3. The number of ether oxygens (including phenoxy) is 6. The fourth-order valence-electron chi connectivity index (χ4n) is 5.01. The Bertz CT molecular complexity index is 1580. The first-order valence-corrected chi connectivity index (χ1v) is 14.5. The second-order valence-corrected chi connectivity index (χ2v) is 10.9. The van der Waals surface area contributed by atoms with Crippen molar-refractivity contribution < 1.29 is 57.2 Å². The Kier molecular flexibility index (Phi) is 11.1. The highest BCUT2D eigenvalue weighted by Crippen LogP contribution is 2.35. The summed E-state index contributed by atoms with van der Waals surface area (Å²) in [6.07, 6.45) is -5.41. The van der Waals surface area contributed by atoms with Crippen LogP contribution in [0.3, 0.4) is 0 Å². The molecule has 0 aliphatic carbocycles. The van der Waals surface area contributed by atoms with E-state index in [9.17, 15) is 28.8 Å². The highest BCUT2D eigenvalue weighted by atomic mass is 35.5. The standard InChI is InChI=1S/C29H32ClN5O12/c1-13-22(23(32-29(41)31-13)18-6-8-19(30)9-7-18)28(40)43-11-20-10-35(34-33-20)27-26(46-17(5)39)25(45-16(4)38)24(44-15(3)37)21(47-27)12-42-14(2)36/h6-10,21,23-27H,11-12H2,1-5H3,(H2,31,32,41)/t21-,23?,24-,25+,26-,27-/m1/s1. The zero-order valence-electron chi connectivity index (χ0n) is 25.9. The number of nitrogens with zero attached hydrogens (tertiary/aromatic N) is 3. The van der Waals surface area contributed by atoms with Crippen molar-refractivity contribution >= 4 is 47.5 Å². The van der Waals surface area contributed by atoms with Crippen LogP contribution in [0.1, 0.15) is 58.1 Å². The molecule has 18 heteroatoms. The van der Waals surface area contributed by atoms with Crippen LogP contribution in [-0.4, -0.2) is 81.9 Å². The van der Waals surface area contributed by atoms with Crippen LogP contribution in [-0.2, 0) is 59.0 Å². The highest BCUT2D eigenvalue weighted by molar-refractivity contribution is 6.30. The van der Waals surface area contributed by atoms with E-state index in [1.54, 1.807) is 31.2 Å². The molecule has 1 fully saturated rings. The van der Waals surface area contributed by atoms with E-state index in [4.69, 9.17) is 40.0 Å². The maximum Gasteiger partial charge on any atom is 0.338 e. The Morgan fingerprint density at radius 3 is 2.13 bits per heavy atom. The highest BCUT2D eigenvalue weighted by Gasteiger charge is 2.53. The minimum Gasteiger partial charge on any atom is -0.463 e. The van der Waals surface area contributed by atoms with Gasteiger partial charge in [-0.1, -0.05) is 28.9 Å². The topological polar surface area (TPSA) is 213 Å². The molecule has 47 heavy (non-hydrogen) atoms. The summed E-state index contributed by atoms with van der Waals surface area (Å²) in [5, 5.41) is 13.8. The van der Waals surface area contributed by atoms with E-state index in [-0.39, 0.29) is 23.6 Å². The molecule has 0 radical (unpaired) electrons. The first-order chi connectivity index (χ1) is 22.2. The van der Waals surface area contributed by atoms with Gasteiger partial charge in [-0.2, -0.15) is 0 Å². The number of halogens is 1. The lowest BCUT2D eigenvalue weighted by Crippen LogP contribution is -2.60. The summed E-state index contributed by atoms with van der Waals surface area (Å²) in [5.41, 5.74) is 1.13. The van der Waals surface area contributed by atoms with Crippen molar-refractivity contribution in [1.29, 1.82) is 0 Å². The number of aromatic nitrogens is 3. The van der Waals surface area contributed by atoms with Gasteiger partial charge in [0.1, 0.15) is 25.0 Å². The minimum atomic E-state index is -1.42. The predicted molar refractivity (Wildman–Crippen MR) is 156 cm³/mol. The third kappa shape index (κ3) is 8.82. The average Bonchev–Trinajstić information content (AvgIpc) is 3.45. The average molecular weight is 678 g/mol. The molecule has 0 saturated carbocycles. The van der Waals surface area contributed by atoms with E-state index >= 15 is 0 Å². The van der Waals surface area contributed by atoms with Gasteiger partial charge in [-0.25, -0.2) is 14.3 Å². The van der Waals surface area contributed by atoms with Crippen LogP contribution >= 0.6 is 11.6 Å². The van der Waals surface area contributed by atoms with Gasteiger partial charge in [0, 0.05) is 38.4 Å². The van der Waals surface area contributed by atoms with Gasteiger partial charge in [0.2, 0.25) is 0 Å². The normalized spacial score (nSPS) is 23.9. The number of allylic oxidation sites excluding steroid dienone is 1. The van der Waals surface area contributed by atoms with Crippen molar-refractivity contribution in [2.45, 2.75) is 77.9 Å². The number of carbonyl (C=O) groups excluding carboxylic acids is 6. The van der Waals surface area contributed by atoms with E-state index < -0.39 is 79.2 Å². The van der Waals surface area contributed by atoms with Crippen LogP contribution in [0.5, 0.6) is 0 Å². The molecule has 2 N–H and O–H groups in total. The van der Waals surface area contributed by atoms with Gasteiger partial charge in [0.15, 0.2) is 24.5 Å². The van der Waals surface area contributed by atoms with E-state index in [1.807, 2.05) is 0 Å². The lowest BCUT2D eigenvalue weighted by Gasteiger charge is -2.44. The van der Waals surface area contributed by atoms with Crippen LogP contribution < -0.4 is 10.6 Å². The van der Waals surface area contributed by atoms with E-state index in [0.717, 1.165) is 32.4 Å². The molecular weight excluding hydrogens is 646 g/mol. The van der Waals surface area contributed by atoms with Gasteiger partial charge in [-0.15, -0.1) is 5.10 Å². The molecule has 2 aromatic rings. The van der Waals surface area contributed by atoms with Gasteiger partial charge in [-0.3, -0.25) is 19.2 Å². The Labute approximate surface area is 272 Å². The third-order valence-corrected chi connectivity index (χ3v) is 7.08. The molecule has 1 aromatic heterocycles. The van der Waals surface area contributed by atoms with Crippen LogP contribution in [0, 0.1) is 0 Å². The first kappa shape index (κ1) is 34.8. The molecule has 1 saturated heterocycles. The summed E-state index contributed by atoms with van der Waals surface area (Å²) < 4.78 is 34.1. The number of amides is 2. The predicted octanol–water partition coefficient (Wildman–Crippen LogP) is 1.56. The van der Waals surface area contributed by atoms with E-state index in [2.05, 4.69) is 20.9 Å². The quantitative estimate of drug-likeness (QED) is 0.270. The summed E-state index contributed by atoms with van der Waals surface area (Å²) in [7, 11) is 0. The molecule has 1 unspecified atom stereocenters. The summed E-state index contributed by atoms with van der Waals surface area (Å²) in [4.78, 5) is 73.3. The molecule has 0 bridgehead atoms. The zero-order valence-corrected chi connectivity index (χ0v) is 26.6. The van der Waals surface area contributed by atoms with Crippen molar-refractivity contribution in [2.75, 3.05) is 6.61 Å². The molecule has 0 spiro atoms. The summed E-state index contributed by atoms with van der Waals surface area (Å²) in [6, 6.07) is 5.23. The largest absolute Gasteiger partial charge is 0.463 e. The smallest absolute Gasteiger partial charge is 0.338 e. The summed E-state index contributed by atoms with van der Waals surface area (Å²) >= 11 is 6.00. The monoisotopic (exact) mass is 677 g/mol. The van der Waals surface area contributed by atoms with Crippen LogP contribution in [0.15, 0.2) is 41.7 Å². The minimum absolute atomic E-state index is 0.125. The lowest BCUT2D eigenvalue weighted by molar-refractivity contribution is -0.270. The first-order valence-electron chi connectivity index (χ1n) is 14.2. The van der Waals surface area contributed by atoms with Gasteiger partial charge >= 0.3 is 35.9 Å². The lowest BCUT2D eigenvalue weighted by atomic mass is 9.96. The summed E-state index contributed by atoms with van der Waals surface area (Å²) in [6.45, 7) is 5.21. The van der Waals surface area contributed by atoms with Gasteiger partial charge in [0.05, 0.1) is 17.8 Å². The molecule has 4 rings (SSSR count). The Balaban J connectivity index is 1.59. The molecule has 2 aliphatic heterocycles. The van der Waals surface area contributed by atoms with E-state index in [1.165, 1.54) is 6.20 Å². The van der Waals surface area contributed by atoms with Crippen molar-refractivity contribution in [2.24, 2.45) is 0 Å². The molecule has 3 heterocycles. The van der Waals surface area contributed by atoms with Crippen LogP contribution in [0.4, 0.5) is 4.79 Å². The van der Waals surface area contributed by atoms with Crippen molar-refractivity contribution in [1.82, 2.24) is 25.6 Å². The number of urea groups is 1. The Morgan fingerprint density at radius 2 is 1.51 bits per heavy atom. The summed E-state index contributed by atoms with van der Waals surface area (Å²) in [5.74, 6) is -3.79. The second kappa shape index (κ2) is 15.0. The molecule has 2 aliphatic rings. The SMILES string of the molecule is CC(=O)OC[C@H]1O[C@@H](n2cc(COC(=O)C3=C(C)NC(=O)NC3c3ccc(Cl)cc3)nn2)[C@H](OC(C)=O)[C@@H](OC(C)=O)[C@@H]1OC(C)=O. The number of nitrogens with one attached hydrogen (secondary N) is 2. The number of hydrogen-bond donors (Lipinski definition) is 2. The molecule has 17 nitrogen and oxygen atoms in total. The number of benzene rings is 1. The van der Waals surface area contributed by atoms with Gasteiger partial charge < -0.3 is 39.1 Å². The van der Waals surface area contributed by atoms with Crippen LogP contribution in [0.2, 0.25) is 5.02 Å². The van der Waals surface area contributed by atoms with Crippen molar-refractivity contribution in [3.8, 4) is 0 Å². The van der Waals surface area contributed by atoms with Crippen molar-refractivity contribution in [3.05, 3.63) is 58.0 Å². The fraction of sp³-hybridized carbons (Fsp3) is 0.448. The van der Waals surface area contributed by atoms with Gasteiger partial charge in [0.25, 0.3) is 0 Å². The molecule has 252 valence electrons. The van der Waals surface area contributed by atoms with Crippen LogP contribution in [0.25, 0.3) is 0 Å². The molecular formula is C29H32ClN5O12. The Morgan fingerprint density at radius 1 is 0.894 bits per heavy atom. The second-order valence-electron chi connectivity index (χ2n) is 10.5. The fourth-order valence-corrected chi connectivity index (χ4v) is 5.14. The van der Waals surface area contributed by atoms with Gasteiger partial charge in [-0.05, 0) is 24.6 Å². The van der Waals surface area contributed by atoms with Crippen molar-refractivity contribution in [3.63, 3.8) is 0 Å². The number of carbonyl (C=O) groups is 6. The zero-order chi connectivity index (χ0) is 34.4. The third-order valence-electron chi connectivity index (χ3n) is 6.83. The van der Waals surface area contributed by atoms with E-state index in [0.29, 0.717) is 10.6 Å². The number of hydrogen-bond acceptors (Lipinski definition) is 14. The maximum absolute atomic E-state index is 13.3. The number of rotatable bonds is 10. The Hall–Kier alpha value is -5.03. The molecule has 6 atom stereocenters. The molecule has 2 amide bonds. The molecule has 1 aromatic carbocycles.